The lowest BCUT2D eigenvalue weighted by atomic mass is 9.76. The van der Waals surface area contributed by atoms with Crippen LogP contribution in [0, 0.1) is 12.3 Å². The molecule has 20 heavy (non-hydrogen) atoms. The van der Waals surface area contributed by atoms with Crippen LogP contribution in [0.1, 0.15) is 37.9 Å². The Morgan fingerprint density at radius 2 is 2.05 bits per heavy atom. The van der Waals surface area contributed by atoms with Crippen LogP contribution in [0.3, 0.4) is 0 Å². The first-order valence-corrected chi connectivity index (χ1v) is 8.96. The van der Waals surface area contributed by atoms with Crippen molar-refractivity contribution < 1.29 is 8.42 Å². The lowest BCUT2D eigenvalue weighted by Gasteiger charge is -2.35. The molecule has 0 spiro atoms. The maximum Gasteiger partial charge on any atom is 0.259 e. The van der Waals surface area contributed by atoms with Crippen LogP contribution in [0.4, 0.5) is 0 Å². The van der Waals surface area contributed by atoms with E-state index in [9.17, 15) is 8.42 Å². The zero-order valence-corrected chi connectivity index (χ0v) is 13.6. The van der Waals surface area contributed by atoms with Crippen LogP contribution in [0.5, 0.6) is 0 Å². The van der Waals surface area contributed by atoms with Crippen molar-refractivity contribution in [1.82, 2.24) is 14.3 Å². The summed E-state index contributed by atoms with van der Waals surface area (Å²) >= 11 is 6.09. The number of halogens is 1. The van der Waals surface area contributed by atoms with Crippen molar-refractivity contribution in [2.75, 3.05) is 12.4 Å². The van der Waals surface area contributed by atoms with E-state index in [1.807, 2.05) is 0 Å². The fourth-order valence-corrected chi connectivity index (χ4v) is 4.19. The summed E-state index contributed by atoms with van der Waals surface area (Å²) in [6.07, 6.45) is 6.96. The van der Waals surface area contributed by atoms with Crippen LogP contribution in [0.25, 0.3) is 0 Å². The first-order valence-electron chi connectivity index (χ1n) is 6.94. The molecule has 0 bridgehead atoms. The van der Waals surface area contributed by atoms with E-state index in [1.54, 1.807) is 18.5 Å². The number of hydrogen-bond donors (Lipinski definition) is 1. The van der Waals surface area contributed by atoms with Gasteiger partial charge in [0.25, 0.3) is 10.0 Å². The number of aryl methyl sites for hydroxylation is 2. The van der Waals surface area contributed by atoms with Crippen molar-refractivity contribution in [1.29, 1.82) is 0 Å². The molecule has 114 valence electrons. The summed E-state index contributed by atoms with van der Waals surface area (Å²) in [5.41, 5.74) is -0.100. The van der Waals surface area contributed by atoms with Gasteiger partial charge in [0.15, 0.2) is 5.03 Å². The Hall–Kier alpha value is -0.590. The second-order valence-electron chi connectivity index (χ2n) is 5.76. The number of aromatic nitrogens is 2. The van der Waals surface area contributed by atoms with E-state index in [4.69, 9.17) is 11.6 Å². The first-order chi connectivity index (χ1) is 9.38. The number of nitrogens with one attached hydrogen (secondary N) is 1. The molecule has 0 aromatic carbocycles. The van der Waals surface area contributed by atoms with E-state index in [0.717, 1.165) is 25.7 Å². The highest BCUT2D eigenvalue weighted by atomic mass is 35.5. The molecule has 1 saturated carbocycles. The van der Waals surface area contributed by atoms with Gasteiger partial charge in [-0.2, -0.15) is 0 Å². The Morgan fingerprint density at radius 3 is 2.55 bits per heavy atom. The molecular weight excluding hydrogens is 298 g/mol. The third-order valence-corrected chi connectivity index (χ3v) is 6.04. The molecule has 0 saturated heterocycles. The van der Waals surface area contributed by atoms with Gasteiger partial charge in [0, 0.05) is 25.7 Å². The van der Waals surface area contributed by atoms with Gasteiger partial charge in [-0.1, -0.05) is 19.3 Å². The van der Waals surface area contributed by atoms with Crippen LogP contribution in [-0.2, 0) is 17.1 Å². The molecule has 1 fully saturated rings. The summed E-state index contributed by atoms with van der Waals surface area (Å²) < 4.78 is 28.9. The van der Waals surface area contributed by atoms with Crippen molar-refractivity contribution in [2.24, 2.45) is 12.5 Å². The van der Waals surface area contributed by atoms with Gasteiger partial charge in [0.2, 0.25) is 0 Å². The SMILES string of the molecule is Cc1nc(S(=O)(=O)NCC2(CCl)CCCCC2)cn1C. The number of hydrogen-bond acceptors (Lipinski definition) is 3. The topological polar surface area (TPSA) is 64.0 Å². The predicted octanol–water partition coefficient (Wildman–Crippen LogP) is 2.20. The smallest absolute Gasteiger partial charge is 0.259 e. The Balaban J connectivity index is 2.08. The van der Waals surface area contributed by atoms with Crippen molar-refractivity contribution in [3.63, 3.8) is 0 Å². The van der Waals surface area contributed by atoms with Gasteiger partial charge in [-0.15, -0.1) is 11.6 Å². The van der Waals surface area contributed by atoms with E-state index in [1.165, 1.54) is 12.6 Å². The molecule has 1 aliphatic rings. The van der Waals surface area contributed by atoms with Crippen LogP contribution in [0.2, 0.25) is 0 Å². The Bertz CT molecular complexity index is 543. The summed E-state index contributed by atoms with van der Waals surface area (Å²) in [7, 11) is -1.77. The van der Waals surface area contributed by atoms with Crippen LogP contribution >= 0.6 is 11.6 Å². The Kier molecular flexibility index (Phi) is 4.76. The standard InChI is InChI=1S/C13H22ClN3O2S/c1-11-16-12(8-17(11)2)20(18,19)15-10-13(9-14)6-4-3-5-7-13/h8,15H,3-7,9-10H2,1-2H3. The largest absolute Gasteiger partial charge is 0.337 e. The highest BCUT2D eigenvalue weighted by molar-refractivity contribution is 7.89. The number of rotatable bonds is 5. The number of imidazole rings is 1. The lowest BCUT2D eigenvalue weighted by Crippen LogP contribution is -2.40. The molecule has 1 N–H and O–H groups in total. The normalized spacial score (nSPS) is 19.1. The van der Waals surface area contributed by atoms with E-state index in [2.05, 4.69) is 9.71 Å². The predicted molar refractivity (Wildman–Crippen MR) is 79.4 cm³/mol. The fourth-order valence-electron chi connectivity index (χ4n) is 2.64. The van der Waals surface area contributed by atoms with Gasteiger partial charge in [-0.25, -0.2) is 18.1 Å². The minimum atomic E-state index is -3.55. The van der Waals surface area contributed by atoms with E-state index in [-0.39, 0.29) is 10.4 Å². The minimum Gasteiger partial charge on any atom is -0.337 e. The molecule has 1 aromatic rings. The summed E-state index contributed by atoms with van der Waals surface area (Å²) in [5, 5.41) is 0.0815. The summed E-state index contributed by atoms with van der Waals surface area (Å²) in [6, 6.07) is 0. The van der Waals surface area contributed by atoms with Crippen LogP contribution in [-0.4, -0.2) is 30.4 Å². The summed E-state index contributed by atoms with van der Waals surface area (Å²) in [4.78, 5) is 4.07. The summed E-state index contributed by atoms with van der Waals surface area (Å²) in [5.74, 6) is 1.17. The molecule has 0 aliphatic heterocycles. The second kappa shape index (κ2) is 6.03. The van der Waals surface area contributed by atoms with E-state index in [0.29, 0.717) is 18.2 Å². The van der Waals surface area contributed by atoms with Gasteiger partial charge >= 0.3 is 0 Å². The quantitative estimate of drug-likeness (QED) is 0.846. The Morgan fingerprint density at radius 1 is 1.40 bits per heavy atom. The summed E-state index contributed by atoms with van der Waals surface area (Å²) in [6.45, 7) is 2.18. The molecule has 0 radical (unpaired) electrons. The first kappa shape index (κ1) is 15.8. The zero-order valence-electron chi connectivity index (χ0n) is 12.0. The zero-order chi connectivity index (χ0) is 14.8. The van der Waals surface area contributed by atoms with Crippen molar-refractivity contribution >= 4 is 21.6 Å². The molecule has 1 aliphatic carbocycles. The van der Waals surface area contributed by atoms with E-state index < -0.39 is 10.0 Å². The number of nitrogens with zero attached hydrogens (tertiary/aromatic N) is 2. The fraction of sp³-hybridized carbons (Fsp3) is 0.769. The number of sulfonamides is 1. The monoisotopic (exact) mass is 319 g/mol. The lowest BCUT2D eigenvalue weighted by molar-refractivity contribution is 0.223. The maximum atomic E-state index is 12.3. The highest BCUT2D eigenvalue weighted by Gasteiger charge is 2.33. The average molecular weight is 320 g/mol. The van der Waals surface area contributed by atoms with Crippen LogP contribution in [0.15, 0.2) is 11.2 Å². The van der Waals surface area contributed by atoms with E-state index >= 15 is 0 Å². The molecule has 2 rings (SSSR count). The second-order valence-corrected chi connectivity index (χ2v) is 7.74. The third-order valence-electron chi connectivity index (χ3n) is 4.20. The van der Waals surface area contributed by atoms with Gasteiger partial charge in [0.1, 0.15) is 5.82 Å². The molecule has 7 heteroatoms. The van der Waals surface area contributed by atoms with Crippen LogP contribution < -0.4 is 4.72 Å². The van der Waals surface area contributed by atoms with Gasteiger partial charge in [-0.05, 0) is 25.2 Å². The molecule has 1 aromatic heterocycles. The van der Waals surface area contributed by atoms with Crippen molar-refractivity contribution in [3.05, 3.63) is 12.0 Å². The van der Waals surface area contributed by atoms with Gasteiger partial charge < -0.3 is 4.57 Å². The van der Waals surface area contributed by atoms with Gasteiger partial charge in [0.05, 0.1) is 0 Å². The highest BCUT2D eigenvalue weighted by Crippen LogP contribution is 2.37. The minimum absolute atomic E-state index is 0.0815. The molecule has 0 unspecified atom stereocenters. The van der Waals surface area contributed by atoms with Gasteiger partial charge in [-0.3, -0.25) is 0 Å². The Labute approximate surface area is 125 Å². The average Bonchev–Trinajstić information content (AvgIpc) is 2.79. The maximum absolute atomic E-state index is 12.3. The third kappa shape index (κ3) is 3.35. The molecule has 0 atom stereocenters. The van der Waals surface area contributed by atoms with Crippen molar-refractivity contribution in [3.8, 4) is 0 Å². The van der Waals surface area contributed by atoms with Crippen molar-refractivity contribution in [2.45, 2.75) is 44.1 Å². The number of alkyl halides is 1. The molecule has 5 nitrogen and oxygen atoms in total. The molecule has 0 amide bonds. The molecule has 1 heterocycles. The molecular formula is C13H22ClN3O2S.